The van der Waals surface area contributed by atoms with Gasteiger partial charge in [0.15, 0.2) is 0 Å². The molecule has 0 saturated carbocycles. The van der Waals surface area contributed by atoms with Crippen molar-refractivity contribution in [3.63, 3.8) is 0 Å². The van der Waals surface area contributed by atoms with Crippen molar-refractivity contribution in [1.29, 1.82) is 0 Å². The number of aryl methyl sites for hydroxylation is 1. The van der Waals surface area contributed by atoms with Gasteiger partial charge in [-0.3, -0.25) is 19.6 Å². The second kappa shape index (κ2) is 6.25. The quantitative estimate of drug-likeness (QED) is 0.675. The van der Waals surface area contributed by atoms with Crippen molar-refractivity contribution in [2.24, 2.45) is 0 Å². The summed E-state index contributed by atoms with van der Waals surface area (Å²) >= 11 is 0. The van der Waals surface area contributed by atoms with Crippen LogP contribution in [0.15, 0.2) is 30.5 Å². The summed E-state index contributed by atoms with van der Waals surface area (Å²) in [6.45, 7) is 3.15. The van der Waals surface area contributed by atoms with Gasteiger partial charge in [-0.2, -0.15) is 5.10 Å². The summed E-state index contributed by atoms with van der Waals surface area (Å²) in [7, 11) is 1.54. The maximum atomic E-state index is 12.2. The molecule has 8 heteroatoms. The van der Waals surface area contributed by atoms with Crippen LogP contribution in [0.2, 0.25) is 0 Å². The third-order valence-corrected chi connectivity index (χ3v) is 3.20. The Morgan fingerprint density at radius 3 is 2.82 bits per heavy atom. The zero-order valence-corrected chi connectivity index (χ0v) is 12.4. The standard InChI is InChI=1S/C14H16N4O4/c1-9-13(18(20)21)8-17(16-9)10(2)14(19)15-11-5-4-6-12(7-11)22-3/h4-8,10H,1-3H3,(H,15,19). The predicted octanol–water partition coefficient (Wildman–Crippen LogP) is 2.31. The highest BCUT2D eigenvalue weighted by molar-refractivity contribution is 5.93. The van der Waals surface area contributed by atoms with Crippen LogP contribution >= 0.6 is 0 Å². The molecular formula is C14H16N4O4. The number of anilines is 1. The Morgan fingerprint density at radius 1 is 1.50 bits per heavy atom. The number of methoxy groups -OCH3 is 1. The van der Waals surface area contributed by atoms with Crippen LogP contribution in [-0.2, 0) is 4.79 Å². The molecule has 22 heavy (non-hydrogen) atoms. The fourth-order valence-corrected chi connectivity index (χ4v) is 1.92. The lowest BCUT2D eigenvalue weighted by Gasteiger charge is -2.12. The van der Waals surface area contributed by atoms with E-state index >= 15 is 0 Å². The Kier molecular flexibility index (Phi) is 4.40. The maximum Gasteiger partial charge on any atom is 0.309 e. The van der Waals surface area contributed by atoms with Gasteiger partial charge in [0.1, 0.15) is 23.7 Å². The van der Waals surface area contributed by atoms with E-state index in [2.05, 4.69) is 10.4 Å². The number of nitro groups is 1. The number of hydrogen-bond acceptors (Lipinski definition) is 5. The van der Waals surface area contributed by atoms with Crippen molar-refractivity contribution in [3.8, 4) is 5.75 Å². The van der Waals surface area contributed by atoms with Gasteiger partial charge in [-0.25, -0.2) is 0 Å². The SMILES string of the molecule is COc1cccc(NC(=O)C(C)n2cc([N+](=O)[O-])c(C)n2)c1. The zero-order chi connectivity index (χ0) is 16.3. The summed E-state index contributed by atoms with van der Waals surface area (Å²) in [4.78, 5) is 22.5. The van der Waals surface area contributed by atoms with Gasteiger partial charge in [0, 0.05) is 11.8 Å². The van der Waals surface area contributed by atoms with E-state index in [-0.39, 0.29) is 17.3 Å². The van der Waals surface area contributed by atoms with Crippen molar-refractivity contribution >= 4 is 17.3 Å². The molecule has 1 unspecified atom stereocenters. The van der Waals surface area contributed by atoms with E-state index in [0.29, 0.717) is 11.4 Å². The average molecular weight is 304 g/mol. The monoisotopic (exact) mass is 304 g/mol. The number of nitrogens with zero attached hydrogens (tertiary/aromatic N) is 3. The second-order valence-corrected chi connectivity index (χ2v) is 4.73. The fourth-order valence-electron chi connectivity index (χ4n) is 1.92. The smallest absolute Gasteiger partial charge is 0.309 e. The molecule has 0 bridgehead atoms. The summed E-state index contributed by atoms with van der Waals surface area (Å²) in [6.07, 6.45) is 1.26. The Balaban J connectivity index is 2.15. The van der Waals surface area contributed by atoms with Gasteiger partial charge in [-0.05, 0) is 26.0 Å². The molecule has 116 valence electrons. The third kappa shape index (κ3) is 3.22. The third-order valence-electron chi connectivity index (χ3n) is 3.20. The average Bonchev–Trinajstić information content (AvgIpc) is 2.88. The van der Waals surface area contributed by atoms with E-state index in [1.54, 1.807) is 31.2 Å². The van der Waals surface area contributed by atoms with Gasteiger partial charge < -0.3 is 10.1 Å². The van der Waals surface area contributed by atoms with Crippen molar-refractivity contribution in [2.45, 2.75) is 19.9 Å². The number of amides is 1. The van der Waals surface area contributed by atoms with E-state index in [4.69, 9.17) is 4.74 Å². The lowest BCUT2D eigenvalue weighted by molar-refractivity contribution is -0.385. The number of benzene rings is 1. The summed E-state index contributed by atoms with van der Waals surface area (Å²) in [5.41, 5.74) is 0.738. The second-order valence-electron chi connectivity index (χ2n) is 4.73. The molecule has 1 aromatic carbocycles. The lowest BCUT2D eigenvalue weighted by atomic mass is 10.2. The number of rotatable bonds is 5. The number of nitrogens with one attached hydrogen (secondary N) is 1. The van der Waals surface area contributed by atoms with Crippen molar-refractivity contribution < 1.29 is 14.5 Å². The van der Waals surface area contributed by atoms with Gasteiger partial charge in [-0.15, -0.1) is 0 Å². The fraction of sp³-hybridized carbons (Fsp3) is 0.286. The first kappa shape index (κ1) is 15.5. The molecule has 0 spiro atoms. The molecule has 0 saturated heterocycles. The van der Waals surface area contributed by atoms with Gasteiger partial charge >= 0.3 is 5.69 Å². The molecule has 8 nitrogen and oxygen atoms in total. The lowest BCUT2D eigenvalue weighted by Crippen LogP contribution is -2.24. The number of hydrogen-bond donors (Lipinski definition) is 1. The van der Waals surface area contributed by atoms with Crippen LogP contribution in [0.4, 0.5) is 11.4 Å². The van der Waals surface area contributed by atoms with Crippen molar-refractivity contribution in [2.75, 3.05) is 12.4 Å². The van der Waals surface area contributed by atoms with Crippen LogP contribution in [-0.4, -0.2) is 27.7 Å². The van der Waals surface area contributed by atoms with Gasteiger partial charge in [-0.1, -0.05) is 6.07 Å². The highest BCUT2D eigenvalue weighted by Gasteiger charge is 2.22. The molecule has 0 aliphatic heterocycles. The van der Waals surface area contributed by atoms with Crippen LogP contribution in [0, 0.1) is 17.0 Å². The van der Waals surface area contributed by atoms with Crippen molar-refractivity contribution in [3.05, 3.63) is 46.3 Å². The summed E-state index contributed by atoms with van der Waals surface area (Å²) in [5.74, 6) is 0.293. The minimum atomic E-state index is -0.682. The predicted molar refractivity (Wildman–Crippen MR) is 80.0 cm³/mol. The summed E-state index contributed by atoms with van der Waals surface area (Å²) in [5, 5.41) is 17.6. The van der Waals surface area contributed by atoms with E-state index in [0.717, 1.165) is 0 Å². The summed E-state index contributed by atoms with van der Waals surface area (Å²) < 4.78 is 6.36. The van der Waals surface area contributed by atoms with Crippen LogP contribution in [0.25, 0.3) is 0 Å². The van der Waals surface area contributed by atoms with Crippen LogP contribution in [0.5, 0.6) is 5.75 Å². The molecule has 0 radical (unpaired) electrons. The molecular weight excluding hydrogens is 288 g/mol. The number of carbonyl (C=O) groups excluding carboxylic acids is 1. The highest BCUT2D eigenvalue weighted by Crippen LogP contribution is 2.21. The Bertz CT molecular complexity index is 711. The molecule has 0 aliphatic carbocycles. The van der Waals surface area contributed by atoms with E-state index < -0.39 is 11.0 Å². The Hall–Kier alpha value is -2.90. The molecule has 2 aromatic rings. The molecule has 1 atom stereocenters. The molecule has 1 amide bonds. The first-order valence-corrected chi connectivity index (χ1v) is 6.57. The van der Waals surface area contributed by atoms with Gasteiger partial charge in [0.25, 0.3) is 0 Å². The van der Waals surface area contributed by atoms with Gasteiger partial charge in [0.05, 0.1) is 12.0 Å². The number of aromatic nitrogens is 2. The van der Waals surface area contributed by atoms with Crippen LogP contribution in [0.3, 0.4) is 0 Å². The Morgan fingerprint density at radius 2 is 2.23 bits per heavy atom. The van der Waals surface area contributed by atoms with Crippen molar-refractivity contribution in [1.82, 2.24) is 9.78 Å². The molecule has 0 fully saturated rings. The zero-order valence-electron chi connectivity index (χ0n) is 12.4. The largest absolute Gasteiger partial charge is 0.497 e. The van der Waals surface area contributed by atoms with Crippen LogP contribution in [0.1, 0.15) is 18.7 Å². The minimum absolute atomic E-state index is 0.110. The topological polar surface area (TPSA) is 99.3 Å². The number of ether oxygens (including phenoxy) is 1. The first-order chi connectivity index (χ1) is 10.4. The van der Waals surface area contributed by atoms with E-state index in [1.807, 2.05) is 0 Å². The van der Waals surface area contributed by atoms with Crippen LogP contribution < -0.4 is 10.1 Å². The molecule has 2 rings (SSSR count). The highest BCUT2D eigenvalue weighted by atomic mass is 16.6. The molecule has 1 heterocycles. The van der Waals surface area contributed by atoms with E-state index in [9.17, 15) is 14.9 Å². The van der Waals surface area contributed by atoms with E-state index in [1.165, 1.54) is 24.9 Å². The number of carbonyl (C=O) groups is 1. The first-order valence-electron chi connectivity index (χ1n) is 6.57. The Labute approximate surface area is 126 Å². The molecule has 1 aromatic heterocycles. The maximum absolute atomic E-state index is 12.2. The molecule has 1 N–H and O–H groups in total. The van der Waals surface area contributed by atoms with Gasteiger partial charge in [0.2, 0.25) is 5.91 Å². The summed E-state index contributed by atoms with van der Waals surface area (Å²) in [6, 6.07) is 6.24. The normalized spacial score (nSPS) is 11.8. The molecule has 0 aliphatic rings. The minimum Gasteiger partial charge on any atom is -0.497 e.